The Morgan fingerprint density at radius 2 is 1.81 bits per heavy atom. The average Bonchev–Trinajstić information content (AvgIpc) is 3.00. The van der Waals surface area contributed by atoms with Crippen LogP contribution in [0.4, 0.5) is 0 Å². The van der Waals surface area contributed by atoms with Crippen LogP contribution in [0, 0.1) is 13.8 Å². The Bertz CT molecular complexity index is 920. The summed E-state index contributed by atoms with van der Waals surface area (Å²) in [5.41, 5.74) is 6.06. The van der Waals surface area contributed by atoms with E-state index in [-0.39, 0.29) is 5.91 Å². The average molecular weight is 350 g/mol. The topological polar surface area (TPSA) is 43.3 Å². The van der Waals surface area contributed by atoms with Gasteiger partial charge in [0.2, 0.25) is 5.91 Å². The van der Waals surface area contributed by atoms with Gasteiger partial charge in [0.1, 0.15) is 5.75 Å². The predicted molar refractivity (Wildman–Crippen MR) is 106 cm³/mol. The normalized spacial score (nSPS) is 10.9. The van der Waals surface area contributed by atoms with Crippen LogP contribution < -0.4 is 10.1 Å². The van der Waals surface area contributed by atoms with Crippen LogP contribution in [0.2, 0.25) is 0 Å². The van der Waals surface area contributed by atoms with E-state index < -0.39 is 0 Å². The molecule has 26 heavy (non-hydrogen) atoms. The van der Waals surface area contributed by atoms with Crippen molar-refractivity contribution in [1.82, 2.24) is 9.88 Å². The third-order valence-electron chi connectivity index (χ3n) is 4.96. The summed E-state index contributed by atoms with van der Waals surface area (Å²) in [5.74, 6) is 0.909. The molecular formula is C22H26N2O2. The van der Waals surface area contributed by atoms with E-state index in [1.54, 1.807) is 7.11 Å². The van der Waals surface area contributed by atoms with E-state index in [9.17, 15) is 4.79 Å². The van der Waals surface area contributed by atoms with Gasteiger partial charge in [-0.25, -0.2) is 0 Å². The molecular weight excluding hydrogens is 324 g/mol. The number of nitrogens with one attached hydrogen (secondary N) is 1. The van der Waals surface area contributed by atoms with Crippen LogP contribution >= 0.6 is 0 Å². The molecule has 0 spiro atoms. The first kappa shape index (κ1) is 18.1. The second-order valence-corrected chi connectivity index (χ2v) is 6.62. The summed E-state index contributed by atoms with van der Waals surface area (Å²) in [6, 6.07) is 14.6. The molecule has 0 atom stereocenters. The van der Waals surface area contributed by atoms with Gasteiger partial charge in [-0.15, -0.1) is 0 Å². The first-order chi connectivity index (χ1) is 12.5. The zero-order valence-corrected chi connectivity index (χ0v) is 15.9. The number of fused-ring (bicyclic) bond motifs is 1. The molecule has 1 N–H and O–H groups in total. The van der Waals surface area contributed by atoms with E-state index in [0.29, 0.717) is 13.0 Å². The zero-order valence-electron chi connectivity index (χ0n) is 15.9. The van der Waals surface area contributed by atoms with Crippen molar-refractivity contribution in [2.75, 3.05) is 7.11 Å². The van der Waals surface area contributed by atoms with E-state index in [1.807, 2.05) is 19.1 Å². The van der Waals surface area contributed by atoms with E-state index in [4.69, 9.17) is 4.74 Å². The molecule has 0 saturated carbocycles. The number of hydrogen-bond donors (Lipinski definition) is 1. The fraction of sp³-hybridized carbons (Fsp3) is 0.318. The van der Waals surface area contributed by atoms with Crippen LogP contribution in [-0.4, -0.2) is 17.6 Å². The van der Waals surface area contributed by atoms with Gasteiger partial charge in [-0.05, 0) is 48.7 Å². The van der Waals surface area contributed by atoms with Gasteiger partial charge < -0.3 is 14.6 Å². The van der Waals surface area contributed by atoms with Crippen LogP contribution in [0.25, 0.3) is 10.9 Å². The van der Waals surface area contributed by atoms with Crippen LogP contribution in [0.5, 0.6) is 5.75 Å². The van der Waals surface area contributed by atoms with Crippen molar-refractivity contribution in [3.05, 3.63) is 64.8 Å². The van der Waals surface area contributed by atoms with Crippen LogP contribution in [0.3, 0.4) is 0 Å². The third kappa shape index (κ3) is 3.45. The molecule has 0 aliphatic heterocycles. The molecule has 1 amide bonds. The Balaban J connectivity index is 2.10. The number of rotatable bonds is 6. The van der Waals surface area contributed by atoms with Gasteiger partial charge in [0.15, 0.2) is 0 Å². The minimum absolute atomic E-state index is 0.0563. The monoisotopic (exact) mass is 350 g/mol. The van der Waals surface area contributed by atoms with Crippen molar-refractivity contribution in [1.29, 1.82) is 0 Å². The first-order valence-corrected chi connectivity index (χ1v) is 9.02. The highest BCUT2D eigenvalue weighted by Crippen LogP contribution is 2.30. The number of amides is 1. The quantitative estimate of drug-likeness (QED) is 0.718. The zero-order chi connectivity index (χ0) is 18.7. The molecule has 2 aromatic carbocycles. The van der Waals surface area contributed by atoms with E-state index in [1.165, 1.54) is 16.7 Å². The lowest BCUT2D eigenvalue weighted by atomic mass is 10.0. The minimum Gasteiger partial charge on any atom is -0.496 e. The van der Waals surface area contributed by atoms with Gasteiger partial charge in [-0.1, -0.05) is 31.2 Å². The molecule has 1 heterocycles. The summed E-state index contributed by atoms with van der Waals surface area (Å²) in [7, 11) is 1.69. The van der Waals surface area contributed by atoms with Crippen molar-refractivity contribution in [3.8, 4) is 5.75 Å². The highest BCUT2D eigenvalue weighted by atomic mass is 16.5. The van der Waals surface area contributed by atoms with E-state index in [0.717, 1.165) is 28.9 Å². The lowest BCUT2D eigenvalue weighted by Crippen LogP contribution is -2.23. The second-order valence-electron chi connectivity index (χ2n) is 6.62. The minimum atomic E-state index is 0.0563. The molecule has 0 fully saturated rings. The maximum absolute atomic E-state index is 11.8. The lowest BCUT2D eigenvalue weighted by molar-refractivity contribution is -0.120. The Kier molecular flexibility index (Phi) is 5.31. The van der Waals surface area contributed by atoms with E-state index in [2.05, 4.69) is 54.1 Å². The molecule has 4 nitrogen and oxygen atoms in total. The second kappa shape index (κ2) is 7.65. The standard InChI is InChI=1S/C22H26N2O2/c1-5-22(25)23-13-17-12-18-20(10-7-11-21(18)26-4)24(17)14-19-15(2)8-6-9-16(19)3/h6-12H,5,13-14H2,1-4H3,(H,23,25). The Labute approximate surface area is 154 Å². The molecule has 0 saturated heterocycles. The number of hydrogen-bond acceptors (Lipinski definition) is 2. The molecule has 0 aliphatic rings. The van der Waals surface area contributed by atoms with Gasteiger partial charge in [-0.2, -0.15) is 0 Å². The van der Waals surface area contributed by atoms with Crippen molar-refractivity contribution in [3.63, 3.8) is 0 Å². The van der Waals surface area contributed by atoms with Crippen LogP contribution in [0.15, 0.2) is 42.5 Å². The van der Waals surface area contributed by atoms with Gasteiger partial charge in [0, 0.05) is 24.0 Å². The Morgan fingerprint density at radius 1 is 1.12 bits per heavy atom. The number of methoxy groups -OCH3 is 1. The SMILES string of the molecule is CCC(=O)NCc1cc2c(OC)cccc2n1Cc1c(C)cccc1C. The summed E-state index contributed by atoms with van der Waals surface area (Å²) in [6.45, 7) is 7.44. The highest BCUT2D eigenvalue weighted by Gasteiger charge is 2.14. The van der Waals surface area contributed by atoms with Crippen LogP contribution in [-0.2, 0) is 17.9 Å². The fourth-order valence-electron chi connectivity index (χ4n) is 3.39. The number of carbonyl (C=O) groups excluding carboxylic acids is 1. The first-order valence-electron chi connectivity index (χ1n) is 9.02. The van der Waals surface area contributed by atoms with Crippen molar-refractivity contribution in [2.45, 2.75) is 40.3 Å². The number of aromatic nitrogens is 1. The highest BCUT2D eigenvalue weighted by molar-refractivity contribution is 5.88. The molecule has 3 aromatic rings. The van der Waals surface area contributed by atoms with Gasteiger partial charge >= 0.3 is 0 Å². The summed E-state index contributed by atoms with van der Waals surface area (Å²) in [5, 5.41) is 4.07. The maximum Gasteiger partial charge on any atom is 0.220 e. The molecule has 0 bridgehead atoms. The van der Waals surface area contributed by atoms with Gasteiger partial charge in [0.05, 0.1) is 19.2 Å². The number of carbonyl (C=O) groups is 1. The molecule has 1 aromatic heterocycles. The largest absolute Gasteiger partial charge is 0.496 e. The third-order valence-corrected chi connectivity index (χ3v) is 4.96. The summed E-state index contributed by atoms with van der Waals surface area (Å²) < 4.78 is 7.82. The Morgan fingerprint density at radius 3 is 2.46 bits per heavy atom. The van der Waals surface area contributed by atoms with Gasteiger partial charge in [-0.3, -0.25) is 4.79 Å². The molecule has 3 rings (SSSR count). The number of aryl methyl sites for hydroxylation is 2. The molecule has 0 radical (unpaired) electrons. The van der Waals surface area contributed by atoms with Gasteiger partial charge in [0.25, 0.3) is 0 Å². The number of benzene rings is 2. The summed E-state index contributed by atoms with van der Waals surface area (Å²) in [6.07, 6.45) is 0.487. The number of ether oxygens (including phenoxy) is 1. The van der Waals surface area contributed by atoms with Crippen LogP contribution in [0.1, 0.15) is 35.7 Å². The van der Waals surface area contributed by atoms with Crippen molar-refractivity contribution in [2.24, 2.45) is 0 Å². The fourth-order valence-corrected chi connectivity index (χ4v) is 3.39. The maximum atomic E-state index is 11.8. The summed E-state index contributed by atoms with van der Waals surface area (Å²) in [4.78, 5) is 11.8. The molecule has 0 unspecified atom stereocenters. The molecule has 0 aliphatic carbocycles. The number of nitrogens with zero attached hydrogens (tertiary/aromatic N) is 1. The van der Waals surface area contributed by atoms with Crippen molar-refractivity contribution >= 4 is 16.8 Å². The predicted octanol–water partition coefficient (Wildman–Crippen LogP) is 4.34. The molecule has 4 heteroatoms. The smallest absolute Gasteiger partial charge is 0.220 e. The lowest BCUT2D eigenvalue weighted by Gasteiger charge is -2.15. The Hall–Kier alpha value is -2.75. The van der Waals surface area contributed by atoms with E-state index >= 15 is 0 Å². The van der Waals surface area contributed by atoms with Crippen molar-refractivity contribution < 1.29 is 9.53 Å². The summed E-state index contributed by atoms with van der Waals surface area (Å²) >= 11 is 0. The molecule has 136 valence electrons.